The van der Waals surface area contributed by atoms with Crippen LogP contribution in [-0.4, -0.2) is 55.7 Å². The second-order valence-electron chi connectivity index (χ2n) is 7.26. The standard InChI is InChI=1S/C22H31N3O7/c1-15(22(29)30)11-17(23)12-16-7-8-19(32-14-31-2)18(13-16)25-21(28)5-3-9-24-20(27)6-4-10-26/h4,6-8,10,13,15,17H,3,5,9,11-12,14,23H2,1-2H3,(H,24,27)(H,25,28)(H,29,30)/b6-4-. The first kappa shape index (κ1) is 26.8. The first-order valence-corrected chi connectivity index (χ1v) is 10.2. The van der Waals surface area contributed by atoms with Crippen LogP contribution >= 0.6 is 0 Å². The molecule has 5 N–H and O–H groups in total. The summed E-state index contributed by atoms with van der Waals surface area (Å²) in [6.07, 6.45) is 4.02. The van der Waals surface area contributed by atoms with Crippen molar-refractivity contribution in [2.45, 2.75) is 38.6 Å². The zero-order valence-corrected chi connectivity index (χ0v) is 18.3. The Kier molecular flexibility index (Phi) is 12.3. The number of anilines is 1. The third-order valence-electron chi connectivity index (χ3n) is 4.43. The highest BCUT2D eigenvalue weighted by Gasteiger charge is 2.17. The normalized spacial score (nSPS) is 12.7. The number of nitrogens with two attached hydrogens (primary N) is 1. The number of carboxylic acid groups (broad SMARTS) is 1. The zero-order chi connectivity index (χ0) is 23.9. The van der Waals surface area contributed by atoms with E-state index in [0.29, 0.717) is 37.0 Å². The van der Waals surface area contributed by atoms with Gasteiger partial charge in [-0.2, -0.15) is 0 Å². The quantitative estimate of drug-likeness (QED) is 0.135. The van der Waals surface area contributed by atoms with Crippen LogP contribution in [0.25, 0.3) is 0 Å². The molecule has 1 aromatic carbocycles. The van der Waals surface area contributed by atoms with Crippen LogP contribution in [-0.2, 0) is 30.3 Å². The molecule has 0 fully saturated rings. The molecule has 1 rings (SSSR count). The van der Waals surface area contributed by atoms with Crippen LogP contribution in [0.1, 0.15) is 31.7 Å². The number of nitrogens with one attached hydrogen (secondary N) is 2. The van der Waals surface area contributed by atoms with Gasteiger partial charge < -0.3 is 30.9 Å². The summed E-state index contributed by atoms with van der Waals surface area (Å²) in [5.74, 6) is -1.71. The van der Waals surface area contributed by atoms with Crippen molar-refractivity contribution in [1.29, 1.82) is 0 Å². The molecule has 0 saturated carbocycles. The van der Waals surface area contributed by atoms with Crippen molar-refractivity contribution >= 4 is 29.8 Å². The van der Waals surface area contributed by atoms with Gasteiger partial charge in [-0.1, -0.05) is 13.0 Å². The molecule has 1 aromatic rings. The lowest BCUT2D eigenvalue weighted by Gasteiger charge is -2.17. The molecular formula is C22H31N3O7. The maximum atomic E-state index is 12.3. The Labute approximate surface area is 187 Å². The van der Waals surface area contributed by atoms with E-state index in [2.05, 4.69) is 10.6 Å². The molecule has 0 saturated heterocycles. The van der Waals surface area contributed by atoms with E-state index in [0.717, 1.165) is 17.7 Å². The number of benzene rings is 1. The van der Waals surface area contributed by atoms with Crippen molar-refractivity contribution in [3.8, 4) is 5.75 Å². The number of carbonyl (C=O) groups is 4. The second kappa shape index (κ2) is 14.7. The molecule has 0 aliphatic carbocycles. The highest BCUT2D eigenvalue weighted by Crippen LogP contribution is 2.27. The van der Waals surface area contributed by atoms with E-state index in [4.69, 9.17) is 20.3 Å². The molecule has 2 unspecified atom stereocenters. The summed E-state index contributed by atoms with van der Waals surface area (Å²) in [5.41, 5.74) is 7.36. The van der Waals surface area contributed by atoms with Crippen molar-refractivity contribution < 1.29 is 33.8 Å². The van der Waals surface area contributed by atoms with Crippen LogP contribution in [0.15, 0.2) is 30.4 Å². The van der Waals surface area contributed by atoms with Crippen LogP contribution in [0, 0.1) is 5.92 Å². The third-order valence-corrected chi connectivity index (χ3v) is 4.43. The fourth-order valence-electron chi connectivity index (χ4n) is 2.85. The molecule has 0 spiro atoms. The van der Waals surface area contributed by atoms with E-state index in [9.17, 15) is 19.2 Å². The number of aliphatic carboxylic acids is 1. The average Bonchev–Trinajstić information content (AvgIpc) is 2.74. The van der Waals surface area contributed by atoms with Crippen molar-refractivity contribution in [2.24, 2.45) is 11.7 Å². The predicted octanol–water partition coefficient (Wildman–Crippen LogP) is 1.24. The minimum atomic E-state index is -0.896. The van der Waals surface area contributed by atoms with Gasteiger partial charge in [0.05, 0.1) is 11.6 Å². The first-order chi connectivity index (χ1) is 15.3. The number of allylic oxidation sites excluding steroid dienone is 1. The van der Waals surface area contributed by atoms with E-state index >= 15 is 0 Å². The molecule has 0 radical (unpaired) electrons. The second-order valence-corrected chi connectivity index (χ2v) is 7.26. The lowest BCUT2D eigenvalue weighted by molar-refractivity contribution is -0.141. The number of carbonyl (C=O) groups excluding carboxylic acids is 3. The Bertz CT molecular complexity index is 811. The molecular weight excluding hydrogens is 418 g/mol. The number of hydrogen-bond acceptors (Lipinski definition) is 7. The minimum Gasteiger partial charge on any atom is -0.481 e. The van der Waals surface area contributed by atoms with Gasteiger partial charge in [-0.15, -0.1) is 0 Å². The summed E-state index contributed by atoms with van der Waals surface area (Å²) in [5, 5.41) is 14.4. The van der Waals surface area contributed by atoms with E-state index in [-0.39, 0.29) is 31.7 Å². The van der Waals surface area contributed by atoms with Crippen LogP contribution in [0.5, 0.6) is 5.75 Å². The van der Waals surface area contributed by atoms with Gasteiger partial charge in [-0.3, -0.25) is 19.2 Å². The Morgan fingerprint density at radius 1 is 1.28 bits per heavy atom. The Morgan fingerprint density at radius 3 is 2.69 bits per heavy atom. The predicted molar refractivity (Wildman–Crippen MR) is 118 cm³/mol. The van der Waals surface area contributed by atoms with E-state index in [1.165, 1.54) is 7.11 Å². The Hall–Kier alpha value is -3.24. The van der Waals surface area contributed by atoms with Crippen molar-refractivity contribution in [2.75, 3.05) is 25.8 Å². The van der Waals surface area contributed by atoms with Crippen LogP contribution in [0.2, 0.25) is 0 Å². The lowest BCUT2D eigenvalue weighted by Crippen LogP contribution is -2.28. The molecule has 0 aromatic heterocycles. The highest BCUT2D eigenvalue weighted by molar-refractivity contribution is 5.93. The number of amides is 2. The molecule has 2 atom stereocenters. The SMILES string of the molecule is COCOc1ccc(CC(N)CC(C)C(=O)O)cc1NC(=O)CCCNC(=O)/C=C\C=O. The van der Waals surface area contributed by atoms with Gasteiger partial charge in [-0.05, 0) is 43.0 Å². The fraction of sp³-hybridized carbons (Fsp3) is 0.455. The third kappa shape index (κ3) is 10.7. The fourth-order valence-corrected chi connectivity index (χ4v) is 2.85. The molecule has 32 heavy (non-hydrogen) atoms. The van der Waals surface area contributed by atoms with Crippen molar-refractivity contribution in [3.63, 3.8) is 0 Å². The maximum absolute atomic E-state index is 12.3. The van der Waals surface area contributed by atoms with Crippen molar-refractivity contribution in [1.82, 2.24) is 5.32 Å². The Balaban J connectivity index is 2.71. The monoisotopic (exact) mass is 449 g/mol. The van der Waals surface area contributed by atoms with E-state index in [1.807, 2.05) is 0 Å². The number of rotatable bonds is 15. The summed E-state index contributed by atoms with van der Waals surface area (Å²) in [4.78, 5) is 44.9. The summed E-state index contributed by atoms with van der Waals surface area (Å²) >= 11 is 0. The van der Waals surface area contributed by atoms with Gasteiger partial charge in [0.15, 0.2) is 6.79 Å². The van der Waals surface area contributed by atoms with Gasteiger partial charge in [0.25, 0.3) is 0 Å². The van der Waals surface area contributed by atoms with Crippen molar-refractivity contribution in [3.05, 3.63) is 35.9 Å². The Morgan fingerprint density at radius 2 is 2.03 bits per heavy atom. The number of hydrogen-bond donors (Lipinski definition) is 4. The molecule has 0 heterocycles. The van der Waals surface area contributed by atoms with Gasteiger partial charge >= 0.3 is 5.97 Å². The smallest absolute Gasteiger partial charge is 0.306 e. The summed E-state index contributed by atoms with van der Waals surface area (Å²) in [6, 6.07) is 4.87. The molecule has 10 heteroatoms. The largest absolute Gasteiger partial charge is 0.481 e. The zero-order valence-electron chi connectivity index (χ0n) is 18.3. The van der Waals surface area contributed by atoms with Crippen LogP contribution in [0.4, 0.5) is 5.69 Å². The topological polar surface area (TPSA) is 157 Å². The molecule has 0 aliphatic rings. The van der Waals surface area contributed by atoms with Gasteiger partial charge in [-0.25, -0.2) is 0 Å². The number of ether oxygens (including phenoxy) is 2. The number of methoxy groups -OCH3 is 1. The molecule has 0 aliphatic heterocycles. The molecule has 2 amide bonds. The van der Waals surface area contributed by atoms with E-state index < -0.39 is 17.8 Å². The lowest BCUT2D eigenvalue weighted by atomic mass is 9.96. The number of aldehydes is 1. The van der Waals surface area contributed by atoms with Gasteiger partial charge in [0.1, 0.15) is 12.0 Å². The average molecular weight is 450 g/mol. The summed E-state index contributed by atoms with van der Waals surface area (Å²) in [6.45, 7) is 1.88. The maximum Gasteiger partial charge on any atom is 0.306 e. The molecule has 10 nitrogen and oxygen atoms in total. The first-order valence-electron chi connectivity index (χ1n) is 10.2. The summed E-state index contributed by atoms with van der Waals surface area (Å²) < 4.78 is 10.4. The molecule has 176 valence electrons. The van der Waals surface area contributed by atoms with E-state index in [1.54, 1.807) is 25.1 Å². The highest BCUT2D eigenvalue weighted by atomic mass is 16.7. The summed E-state index contributed by atoms with van der Waals surface area (Å²) in [7, 11) is 1.48. The van der Waals surface area contributed by atoms with Crippen LogP contribution in [0.3, 0.4) is 0 Å². The van der Waals surface area contributed by atoms with Crippen LogP contribution < -0.4 is 21.1 Å². The number of carboxylic acids is 1. The van der Waals surface area contributed by atoms with Gasteiger partial charge in [0, 0.05) is 32.2 Å². The minimum absolute atomic E-state index is 0.00179. The molecule has 0 bridgehead atoms. The van der Waals surface area contributed by atoms with Gasteiger partial charge in [0.2, 0.25) is 11.8 Å².